The molecule has 0 bridgehead atoms. The number of carbonyl (C=O) groups excluding carboxylic acids is 2. The van der Waals surface area contributed by atoms with E-state index in [2.05, 4.69) is 15.6 Å². The van der Waals surface area contributed by atoms with Crippen LogP contribution in [0.25, 0.3) is 10.8 Å². The van der Waals surface area contributed by atoms with E-state index in [0.29, 0.717) is 17.3 Å². The standard InChI is InChI=1S/C14H14ClN3O3/c1-8(19)16-6-7-17-14(21)11-12(20)9-4-2-3-5-10(9)13(15)18-11/h2-5,20H,6-7H2,1H3,(H,16,19)(H,17,21). The van der Waals surface area contributed by atoms with Crippen molar-refractivity contribution in [2.45, 2.75) is 6.92 Å². The molecule has 6 nitrogen and oxygen atoms in total. The maximum absolute atomic E-state index is 12.0. The molecule has 0 fully saturated rings. The van der Waals surface area contributed by atoms with E-state index in [1.807, 2.05) is 0 Å². The van der Waals surface area contributed by atoms with Crippen molar-refractivity contribution in [1.82, 2.24) is 15.6 Å². The molecule has 2 amide bonds. The van der Waals surface area contributed by atoms with Gasteiger partial charge in [-0.25, -0.2) is 4.98 Å². The first-order chi connectivity index (χ1) is 10.0. The van der Waals surface area contributed by atoms with Crippen LogP contribution in [0.2, 0.25) is 5.15 Å². The second-order valence-electron chi connectivity index (χ2n) is 4.38. The Morgan fingerprint density at radius 1 is 1.19 bits per heavy atom. The van der Waals surface area contributed by atoms with E-state index in [-0.39, 0.29) is 29.0 Å². The monoisotopic (exact) mass is 307 g/mol. The molecule has 0 radical (unpaired) electrons. The fourth-order valence-electron chi connectivity index (χ4n) is 1.86. The molecule has 1 aromatic carbocycles. The highest BCUT2D eigenvalue weighted by molar-refractivity contribution is 6.34. The van der Waals surface area contributed by atoms with Gasteiger partial charge in [0.25, 0.3) is 5.91 Å². The number of rotatable bonds is 4. The van der Waals surface area contributed by atoms with Crippen LogP contribution in [-0.4, -0.2) is 35.0 Å². The zero-order valence-electron chi connectivity index (χ0n) is 11.3. The average molecular weight is 308 g/mol. The van der Waals surface area contributed by atoms with Crippen LogP contribution in [0.3, 0.4) is 0 Å². The smallest absolute Gasteiger partial charge is 0.273 e. The average Bonchev–Trinajstić information content (AvgIpc) is 2.47. The maximum atomic E-state index is 12.0. The molecule has 7 heteroatoms. The normalized spacial score (nSPS) is 10.4. The lowest BCUT2D eigenvalue weighted by Crippen LogP contribution is -2.34. The molecule has 0 saturated heterocycles. The van der Waals surface area contributed by atoms with Gasteiger partial charge in [-0.05, 0) is 0 Å². The van der Waals surface area contributed by atoms with Crippen LogP contribution in [0.1, 0.15) is 17.4 Å². The van der Waals surface area contributed by atoms with E-state index in [9.17, 15) is 14.7 Å². The van der Waals surface area contributed by atoms with E-state index in [1.165, 1.54) is 6.92 Å². The summed E-state index contributed by atoms with van der Waals surface area (Å²) in [6, 6.07) is 6.87. The van der Waals surface area contributed by atoms with Crippen LogP contribution in [-0.2, 0) is 4.79 Å². The minimum atomic E-state index is -0.550. The number of nitrogens with zero attached hydrogens (tertiary/aromatic N) is 1. The van der Waals surface area contributed by atoms with Crippen molar-refractivity contribution in [1.29, 1.82) is 0 Å². The predicted octanol–water partition coefficient (Wildman–Crippen LogP) is 1.46. The van der Waals surface area contributed by atoms with Gasteiger partial charge in [-0.2, -0.15) is 0 Å². The zero-order chi connectivity index (χ0) is 15.4. The number of aromatic hydroxyl groups is 1. The molecule has 0 atom stereocenters. The minimum Gasteiger partial charge on any atom is -0.505 e. The summed E-state index contributed by atoms with van der Waals surface area (Å²) in [7, 11) is 0. The summed E-state index contributed by atoms with van der Waals surface area (Å²) < 4.78 is 0. The first-order valence-electron chi connectivity index (χ1n) is 6.30. The summed E-state index contributed by atoms with van der Waals surface area (Å²) in [5.74, 6) is -0.948. The van der Waals surface area contributed by atoms with Gasteiger partial charge in [0.2, 0.25) is 5.91 Å². The second kappa shape index (κ2) is 6.41. The van der Waals surface area contributed by atoms with Gasteiger partial charge in [0.05, 0.1) is 0 Å². The number of nitrogens with one attached hydrogen (secondary N) is 2. The molecule has 110 valence electrons. The molecule has 1 aromatic heterocycles. The van der Waals surface area contributed by atoms with Crippen LogP contribution in [0.4, 0.5) is 0 Å². The van der Waals surface area contributed by atoms with Crippen LogP contribution in [0, 0.1) is 0 Å². The summed E-state index contributed by atoms with van der Waals surface area (Å²) in [6.07, 6.45) is 0. The summed E-state index contributed by atoms with van der Waals surface area (Å²) in [4.78, 5) is 26.6. The van der Waals surface area contributed by atoms with Crippen molar-refractivity contribution < 1.29 is 14.7 Å². The van der Waals surface area contributed by atoms with Crippen LogP contribution >= 0.6 is 11.6 Å². The Morgan fingerprint density at radius 2 is 1.81 bits per heavy atom. The van der Waals surface area contributed by atoms with Crippen molar-refractivity contribution in [3.05, 3.63) is 35.1 Å². The Bertz CT molecular complexity index is 703. The van der Waals surface area contributed by atoms with E-state index in [0.717, 1.165) is 0 Å². The van der Waals surface area contributed by atoms with E-state index < -0.39 is 5.91 Å². The lowest BCUT2D eigenvalue weighted by molar-refractivity contribution is -0.118. The number of benzene rings is 1. The van der Waals surface area contributed by atoms with Gasteiger partial charge in [0, 0.05) is 30.8 Å². The molecule has 2 aromatic rings. The van der Waals surface area contributed by atoms with Gasteiger partial charge in [-0.3, -0.25) is 9.59 Å². The molecule has 0 aliphatic rings. The number of halogens is 1. The number of aromatic nitrogens is 1. The first kappa shape index (κ1) is 15.1. The van der Waals surface area contributed by atoms with Crippen molar-refractivity contribution in [3.63, 3.8) is 0 Å². The van der Waals surface area contributed by atoms with Gasteiger partial charge in [-0.15, -0.1) is 0 Å². The third-order valence-corrected chi connectivity index (χ3v) is 3.13. The van der Waals surface area contributed by atoms with Gasteiger partial charge in [0.1, 0.15) is 5.15 Å². The zero-order valence-corrected chi connectivity index (χ0v) is 12.1. The predicted molar refractivity (Wildman–Crippen MR) is 79.4 cm³/mol. The third-order valence-electron chi connectivity index (χ3n) is 2.84. The van der Waals surface area contributed by atoms with Crippen molar-refractivity contribution in [3.8, 4) is 5.75 Å². The van der Waals surface area contributed by atoms with E-state index >= 15 is 0 Å². The lowest BCUT2D eigenvalue weighted by atomic mass is 10.1. The lowest BCUT2D eigenvalue weighted by Gasteiger charge is -2.09. The second-order valence-corrected chi connectivity index (χ2v) is 4.74. The number of fused-ring (bicyclic) bond motifs is 1. The number of pyridine rings is 1. The summed E-state index contributed by atoms with van der Waals surface area (Å²) in [5, 5.41) is 16.4. The fraction of sp³-hybridized carbons (Fsp3) is 0.214. The van der Waals surface area contributed by atoms with Crippen molar-refractivity contribution >= 4 is 34.2 Å². The van der Waals surface area contributed by atoms with E-state index in [1.54, 1.807) is 24.3 Å². The fourth-order valence-corrected chi connectivity index (χ4v) is 2.11. The van der Waals surface area contributed by atoms with Gasteiger partial charge >= 0.3 is 0 Å². The Hall–Kier alpha value is -2.34. The Kier molecular flexibility index (Phi) is 4.59. The summed E-state index contributed by atoms with van der Waals surface area (Å²) >= 11 is 6.02. The molecule has 21 heavy (non-hydrogen) atoms. The highest BCUT2D eigenvalue weighted by Crippen LogP contribution is 2.31. The van der Waals surface area contributed by atoms with E-state index in [4.69, 9.17) is 11.6 Å². The quantitative estimate of drug-likeness (QED) is 0.589. The van der Waals surface area contributed by atoms with Crippen molar-refractivity contribution in [2.75, 3.05) is 13.1 Å². The molecule has 2 rings (SSSR count). The number of hydrogen-bond donors (Lipinski definition) is 3. The Labute approximate surface area is 126 Å². The molecule has 1 heterocycles. The minimum absolute atomic E-state index is 0.137. The number of hydrogen-bond acceptors (Lipinski definition) is 4. The molecular weight excluding hydrogens is 294 g/mol. The highest BCUT2D eigenvalue weighted by atomic mass is 35.5. The summed E-state index contributed by atoms with van der Waals surface area (Å²) in [5.41, 5.74) is -0.137. The van der Waals surface area contributed by atoms with Crippen molar-refractivity contribution in [2.24, 2.45) is 0 Å². The van der Waals surface area contributed by atoms with Crippen LogP contribution in [0.5, 0.6) is 5.75 Å². The number of carbonyl (C=O) groups is 2. The molecular formula is C14H14ClN3O3. The molecule has 0 aliphatic carbocycles. The Balaban J connectivity index is 2.20. The molecule has 3 N–H and O–H groups in total. The summed E-state index contributed by atoms with van der Waals surface area (Å²) in [6.45, 7) is 1.91. The highest BCUT2D eigenvalue weighted by Gasteiger charge is 2.17. The Morgan fingerprint density at radius 3 is 2.48 bits per heavy atom. The molecule has 0 spiro atoms. The van der Waals surface area contributed by atoms with Gasteiger partial charge in [0.15, 0.2) is 11.4 Å². The third kappa shape index (κ3) is 3.41. The molecule has 0 saturated carbocycles. The molecule has 0 aliphatic heterocycles. The largest absolute Gasteiger partial charge is 0.505 e. The maximum Gasteiger partial charge on any atom is 0.273 e. The first-order valence-corrected chi connectivity index (χ1v) is 6.68. The van der Waals surface area contributed by atoms with Crippen LogP contribution < -0.4 is 10.6 Å². The SMILES string of the molecule is CC(=O)NCCNC(=O)c1nc(Cl)c2ccccc2c1O. The molecule has 0 unspecified atom stereocenters. The number of amides is 2. The topological polar surface area (TPSA) is 91.3 Å². The van der Waals surface area contributed by atoms with Crippen LogP contribution in [0.15, 0.2) is 24.3 Å². The van der Waals surface area contributed by atoms with Gasteiger partial charge < -0.3 is 15.7 Å². The van der Waals surface area contributed by atoms with Gasteiger partial charge in [-0.1, -0.05) is 35.9 Å².